The van der Waals surface area contributed by atoms with E-state index < -0.39 is 0 Å². The third kappa shape index (κ3) is 2.13. The van der Waals surface area contributed by atoms with Crippen LogP contribution in [-0.4, -0.2) is 29.9 Å². The zero-order valence-corrected chi connectivity index (χ0v) is 8.05. The summed E-state index contributed by atoms with van der Waals surface area (Å²) in [6, 6.07) is 9.31. The van der Waals surface area contributed by atoms with Gasteiger partial charge in [0.15, 0.2) is 11.5 Å². The molecule has 5 heteroatoms. The highest BCUT2D eigenvalue weighted by molar-refractivity contribution is 6.47. The average molecular weight is 205 g/mol. The molecule has 0 spiro atoms. The normalized spacial score (nSPS) is 16.8. The fraction of sp³-hybridized carbons (Fsp3) is 0.200. The minimum absolute atomic E-state index is 0.385. The average Bonchev–Trinajstić information content (AvgIpc) is 2.33. The lowest BCUT2D eigenvalue weighted by Gasteiger charge is -2.15. The molecule has 0 fully saturated rings. The van der Waals surface area contributed by atoms with Crippen molar-refractivity contribution in [3.63, 3.8) is 0 Å². The lowest BCUT2D eigenvalue weighted by Crippen LogP contribution is -2.36. The van der Waals surface area contributed by atoms with Crippen LogP contribution in [0.4, 0.5) is 0 Å². The maximum atomic E-state index is 8.94. The van der Waals surface area contributed by atoms with Crippen molar-refractivity contribution in [2.45, 2.75) is 0 Å². The van der Waals surface area contributed by atoms with Crippen molar-refractivity contribution >= 4 is 11.5 Å². The van der Waals surface area contributed by atoms with Gasteiger partial charge in [-0.05, 0) is 0 Å². The van der Waals surface area contributed by atoms with E-state index in [-0.39, 0.29) is 0 Å². The van der Waals surface area contributed by atoms with Gasteiger partial charge in [0.05, 0.1) is 13.2 Å². The van der Waals surface area contributed by atoms with E-state index in [2.05, 4.69) is 15.6 Å². The van der Waals surface area contributed by atoms with Gasteiger partial charge in [-0.25, -0.2) is 5.48 Å². The summed E-state index contributed by atoms with van der Waals surface area (Å²) in [5.74, 6) is 0.454. The Morgan fingerprint density at radius 2 is 2.20 bits per heavy atom. The van der Waals surface area contributed by atoms with E-state index in [4.69, 9.17) is 10.0 Å². The van der Waals surface area contributed by atoms with E-state index in [0.29, 0.717) is 24.7 Å². The highest BCUT2D eigenvalue weighted by atomic mass is 16.6. The van der Waals surface area contributed by atoms with E-state index in [9.17, 15) is 0 Å². The molecule has 1 aliphatic rings. The molecule has 0 unspecified atom stereocenters. The van der Waals surface area contributed by atoms with Gasteiger partial charge in [0, 0.05) is 5.56 Å². The molecular weight excluding hydrogens is 194 g/mol. The summed E-state index contributed by atoms with van der Waals surface area (Å²) in [6.07, 6.45) is 0. The number of nitrogens with zero attached hydrogens (tertiary/aromatic N) is 2. The van der Waals surface area contributed by atoms with Crippen LogP contribution in [0.3, 0.4) is 0 Å². The zero-order valence-electron chi connectivity index (χ0n) is 8.05. The van der Waals surface area contributed by atoms with E-state index in [1.165, 1.54) is 0 Å². The Hall–Kier alpha value is -1.88. The summed E-state index contributed by atoms with van der Waals surface area (Å²) in [7, 11) is 0. The van der Waals surface area contributed by atoms with Crippen molar-refractivity contribution in [3.8, 4) is 0 Å². The van der Waals surface area contributed by atoms with Crippen molar-refractivity contribution < 1.29 is 10.0 Å². The number of rotatable bonds is 2. The molecule has 1 heterocycles. The van der Waals surface area contributed by atoms with Gasteiger partial charge in [-0.3, -0.25) is 9.83 Å². The summed E-state index contributed by atoms with van der Waals surface area (Å²) in [6.45, 7) is 1.09. The fourth-order valence-electron chi connectivity index (χ4n) is 1.32. The van der Waals surface area contributed by atoms with Crippen molar-refractivity contribution in [1.82, 2.24) is 5.48 Å². The van der Waals surface area contributed by atoms with E-state index in [1.54, 1.807) is 0 Å². The number of amidine groups is 1. The summed E-state index contributed by atoms with van der Waals surface area (Å²) >= 11 is 0. The quantitative estimate of drug-likeness (QED) is 0.426. The number of benzene rings is 1. The van der Waals surface area contributed by atoms with Crippen molar-refractivity contribution in [2.24, 2.45) is 10.1 Å². The Bertz CT molecular complexity index is 387. The Morgan fingerprint density at radius 1 is 1.40 bits per heavy atom. The summed E-state index contributed by atoms with van der Waals surface area (Å²) < 4.78 is 0. The van der Waals surface area contributed by atoms with Crippen molar-refractivity contribution in [1.29, 1.82) is 0 Å². The van der Waals surface area contributed by atoms with E-state index in [0.717, 1.165) is 5.56 Å². The molecule has 1 aromatic carbocycles. The lowest BCUT2D eigenvalue weighted by molar-refractivity contribution is 0.0837. The maximum Gasteiger partial charge on any atom is 0.175 e. The first kappa shape index (κ1) is 9.67. The van der Waals surface area contributed by atoms with Gasteiger partial charge in [-0.2, -0.15) is 0 Å². The van der Waals surface area contributed by atoms with Crippen LogP contribution in [0, 0.1) is 0 Å². The first-order valence-electron chi connectivity index (χ1n) is 4.62. The van der Waals surface area contributed by atoms with Crippen molar-refractivity contribution in [2.75, 3.05) is 13.2 Å². The first-order chi connectivity index (χ1) is 7.42. The smallest absolute Gasteiger partial charge is 0.175 e. The molecule has 78 valence electrons. The number of hydroxylamine groups is 1. The second-order valence-corrected chi connectivity index (χ2v) is 3.00. The van der Waals surface area contributed by atoms with Crippen LogP contribution < -0.4 is 5.48 Å². The Kier molecular flexibility index (Phi) is 2.94. The number of nitrogens with one attached hydrogen (secondary N) is 1. The Labute approximate surface area is 87.0 Å². The Balaban J connectivity index is 2.29. The van der Waals surface area contributed by atoms with Gasteiger partial charge in [-0.1, -0.05) is 35.5 Å². The first-order valence-corrected chi connectivity index (χ1v) is 4.62. The molecule has 0 aliphatic carbocycles. The number of hydrogen-bond donors (Lipinski definition) is 2. The third-order valence-electron chi connectivity index (χ3n) is 2.00. The SMILES string of the molecule is O/N=C(/C1=NCCON1)c1ccccc1. The highest BCUT2D eigenvalue weighted by Gasteiger charge is 2.14. The molecule has 0 bridgehead atoms. The fourth-order valence-corrected chi connectivity index (χ4v) is 1.32. The van der Waals surface area contributed by atoms with Crippen LogP contribution in [-0.2, 0) is 4.84 Å². The molecule has 1 aromatic rings. The second-order valence-electron chi connectivity index (χ2n) is 3.00. The van der Waals surface area contributed by atoms with Gasteiger partial charge in [0.2, 0.25) is 0 Å². The van der Waals surface area contributed by atoms with Gasteiger partial charge < -0.3 is 5.21 Å². The van der Waals surface area contributed by atoms with Gasteiger partial charge in [0.25, 0.3) is 0 Å². The number of aliphatic imine (C=N–C) groups is 1. The van der Waals surface area contributed by atoms with Crippen LogP contribution in [0.5, 0.6) is 0 Å². The van der Waals surface area contributed by atoms with Gasteiger partial charge in [0.1, 0.15) is 0 Å². The molecular formula is C10H11N3O2. The number of oxime groups is 1. The topological polar surface area (TPSA) is 66.2 Å². The van der Waals surface area contributed by atoms with Crippen LogP contribution in [0.1, 0.15) is 5.56 Å². The zero-order chi connectivity index (χ0) is 10.5. The molecule has 0 amide bonds. The molecule has 0 saturated heterocycles. The van der Waals surface area contributed by atoms with E-state index >= 15 is 0 Å². The summed E-state index contributed by atoms with van der Waals surface area (Å²) in [4.78, 5) is 9.18. The third-order valence-corrected chi connectivity index (χ3v) is 2.00. The monoisotopic (exact) mass is 205 g/mol. The summed E-state index contributed by atoms with van der Waals surface area (Å²) in [5.41, 5.74) is 3.80. The number of hydrogen-bond acceptors (Lipinski definition) is 5. The van der Waals surface area contributed by atoms with Crippen LogP contribution in [0.15, 0.2) is 40.5 Å². The molecule has 1 aliphatic heterocycles. The summed E-state index contributed by atoms with van der Waals surface area (Å²) in [5, 5.41) is 12.2. The molecule has 2 rings (SSSR count). The van der Waals surface area contributed by atoms with Crippen molar-refractivity contribution in [3.05, 3.63) is 35.9 Å². The molecule has 0 atom stereocenters. The largest absolute Gasteiger partial charge is 0.410 e. The molecule has 5 nitrogen and oxygen atoms in total. The minimum atomic E-state index is 0.385. The maximum absolute atomic E-state index is 8.94. The molecule has 15 heavy (non-hydrogen) atoms. The minimum Gasteiger partial charge on any atom is -0.410 e. The van der Waals surface area contributed by atoms with E-state index in [1.807, 2.05) is 30.3 Å². The lowest BCUT2D eigenvalue weighted by atomic mass is 10.1. The van der Waals surface area contributed by atoms with Gasteiger partial charge >= 0.3 is 0 Å². The van der Waals surface area contributed by atoms with Crippen LogP contribution in [0.25, 0.3) is 0 Å². The van der Waals surface area contributed by atoms with Crippen LogP contribution in [0.2, 0.25) is 0 Å². The van der Waals surface area contributed by atoms with Gasteiger partial charge in [-0.15, -0.1) is 0 Å². The second kappa shape index (κ2) is 4.56. The standard InChI is InChI=1S/C10H11N3O2/c14-12-9(8-4-2-1-3-5-8)10-11-6-7-15-13-10/h1-5,14H,6-7H2,(H,11,13)/b12-9+. The Morgan fingerprint density at radius 3 is 2.80 bits per heavy atom. The molecule has 2 N–H and O–H groups in total. The molecule has 0 aromatic heterocycles. The molecule has 0 saturated carbocycles. The van der Waals surface area contributed by atoms with Crippen LogP contribution >= 0.6 is 0 Å². The molecule has 0 radical (unpaired) electrons. The predicted molar refractivity (Wildman–Crippen MR) is 56.2 cm³/mol. The highest BCUT2D eigenvalue weighted by Crippen LogP contribution is 2.03. The predicted octanol–water partition coefficient (Wildman–Crippen LogP) is 0.798.